The maximum atomic E-state index is 12.1. The molecule has 2 aromatic carbocycles. The van der Waals surface area contributed by atoms with E-state index in [-0.39, 0.29) is 11.6 Å². The van der Waals surface area contributed by atoms with E-state index in [9.17, 15) is 13.2 Å². The number of nitrogens with one attached hydrogen (secondary N) is 2. The first-order valence-electron chi connectivity index (χ1n) is 6.12. The van der Waals surface area contributed by atoms with Crippen molar-refractivity contribution in [3.63, 3.8) is 0 Å². The molecule has 0 spiro atoms. The molecule has 0 aliphatic heterocycles. The monoisotopic (exact) mass is 305 g/mol. The molecule has 2 aromatic rings. The first-order valence-corrected chi connectivity index (χ1v) is 7.67. The summed E-state index contributed by atoms with van der Waals surface area (Å²) in [6.07, 6.45) is 0. The molecule has 0 bridgehead atoms. The van der Waals surface area contributed by atoms with Crippen LogP contribution in [0.25, 0.3) is 0 Å². The first-order chi connectivity index (χ1) is 9.83. The second kappa shape index (κ2) is 5.94. The standard InChI is InChI=1S/C14H15N3O3S/c1-10-4-2-5-11(8-10)14(18)16-12-6-3-7-13(9-12)17-21(15,19)20/h2-9,17H,1H3,(H,16,18)(H2,15,19,20). The number of hydrogen-bond donors (Lipinski definition) is 3. The van der Waals surface area contributed by atoms with Gasteiger partial charge in [-0.05, 0) is 37.3 Å². The van der Waals surface area contributed by atoms with E-state index in [1.165, 1.54) is 12.1 Å². The molecule has 4 N–H and O–H groups in total. The number of benzene rings is 2. The van der Waals surface area contributed by atoms with Crippen molar-refractivity contribution >= 4 is 27.5 Å². The zero-order valence-electron chi connectivity index (χ0n) is 11.3. The molecule has 0 saturated carbocycles. The Kier molecular flexibility index (Phi) is 4.25. The third-order valence-corrected chi connectivity index (χ3v) is 3.18. The van der Waals surface area contributed by atoms with Crippen LogP contribution in [0.2, 0.25) is 0 Å². The molecule has 21 heavy (non-hydrogen) atoms. The van der Waals surface area contributed by atoms with Crippen molar-refractivity contribution in [2.45, 2.75) is 6.92 Å². The molecule has 1 amide bonds. The third kappa shape index (κ3) is 4.59. The molecule has 6 nitrogen and oxygen atoms in total. The molecule has 0 radical (unpaired) electrons. The molecule has 7 heteroatoms. The molecule has 0 heterocycles. The van der Waals surface area contributed by atoms with Crippen molar-refractivity contribution in [1.29, 1.82) is 0 Å². The minimum absolute atomic E-state index is 0.272. The quantitative estimate of drug-likeness (QED) is 0.803. The Labute approximate surface area is 123 Å². The van der Waals surface area contributed by atoms with Crippen molar-refractivity contribution < 1.29 is 13.2 Å². The van der Waals surface area contributed by atoms with Crippen LogP contribution in [0, 0.1) is 6.92 Å². The van der Waals surface area contributed by atoms with Gasteiger partial charge in [0.25, 0.3) is 16.1 Å². The summed E-state index contributed by atoms with van der Waals surface area (Å²) in [7, 11) is -3.84. The molecular weight excluding hydrogens is 290 g/mol. The second-order valence-corrected chi connectivity index (χ2v) is 5.85. The Morgan fingerprint density at radius 1 is 1.05 bits per heavy atom. The molecule has 0 aromatic heterocycles. The molecule has 0 aliphatic rings. The lowest BCUT2D eigenvalue weighted by Crippen LogP contribution is -2.21. The van der Waals surface area contributed by atoms with Crippen molar-refractivity contribution in [2.75, 3.05) is 10.0 Å². The summed E-state index contributed by atoms with van der Waals surface area (Å²) in [6, 6.07) is 13.4. The van der Waals surface area contributed by atoms with Gasteiger partial charge in [0.15, 0.2) is 0 Å². The van der Waals surface area contributed by atoms with E-state index in [0.717, 1.165) is 5.56 Å². The van der Waals surface area contributed by atoms with Gasteiger partial charge in [-0.25, -0.2) is 5.14 Å². The number of carbonyl (C=O) groups is 1. The summed E-state index contributed by atoms with van der Waals surface area (Å²) in [5.74, 6) is -0.272. The Balaban J connectivity index is 2.16. The van der Waals surface area contributed by atoms with Crippen LogP contribution in [0.1, 0.15) is 15.9 Å². The third-order valence-electron chi connectivity index (χ3n) is 2.66. The van der Waals surface area contributed by atoms with Gasteiger partial charge in [0.05, 0.1) is 5.69 Å². The fourth-order valence-corrected chi connectivity index (χ4v) is 2.27. The Morgan fingerprint density at radius 3 is 2.38 bits per heavy atom. The zero-order chi connectivity index (χ0) is 15.5. The van der Waals surface area contributed by atoms with E-state index in [1.807, 2.05) is 13.0 Å². The first kappa shape index (κ1) is 15.0. The van der Waals surface area contributed by atoms with Crippen molar-refractivity contribution in [3.05, 3.63) is 59.7 Å². The van der Waals surface area contributed by atoms with Gasteiger partial charge in [0.2, 0.25) is 0 Å². The van der Waals surface area contributed by atoms with Gasteiger partial charge in [0, 0.05) is 11.3 Å². The fourth-order valence-electron chi connectivity index (χ4n) is 1.81. The van der Waals surface area contributed by atoms with E-state index in [1.54, 1.807) is 30.3 Å². The lowest BCUT2D eigenvalue weighted by molar-refractivity contribution is 0.102. The van der Waals surface area contributed by atoms with Crippen LogP contribution >= 0.6 is 0 Å². The summed E-state index contributed by atoms with van der Waals surface area (Å²) in [5, 5.41) is 7.60. The minimum Gasteiger partial charge on any atom is -0.322 e. The minimum atomic E-state index is -3.84. The average Bonchev–Trinajstić information content (AvgIpc) is 2.37. The lowest BCUT2D eigenvalue weighted by Gasteiger charge is -2.08. The summed E-state index contributed by atoms with van der Waals surface area (Å²) in [5.41, 5.74) is 2.25. The van der Waals surface area contributed by atoms with E-state index < -0.39 is 10.2 Å². The molecule has 0 saturated heterocycles. The molecule has 110 valence electrons. The van der Waals surface area contributed by atoms with Gasteiger partial charge in [-0.2, -0.15) is 8.42 Å². The van der Waals surface area contributed by atoms with Crippen LogP contribution in [0.5, 0.6) is 0 Å². The number of nitrogens with two attached hydrogens (primary N) is 1. The molecule has 0 fully saturated rings. The number of hydrogen-bond acceptors (Lipinski definition) is 3. The molecule has 2 rings (SSSR count). The van der Waals surface area contributed by atoms with Gasteiger partial charge in [-0.15, -0.1) is 0 Å². The summed E-state index contributed by atoms with van der Waals surface area (Å²) >= 11 is 0. The molecular formula is C14H15N3O3S. The Bertz CT molecular complexity index is 773. The van der Waals surface area contributed by atoms with E-state index in [4.69, 9.17) is 5.14 Å². The Hall–Kier alpha value is -2.38. The fraction of sp³-hybridized carbons (Fsp3) is 0.0714. The number of anilines is 2. The van der Waals surface area contributed by atoms with Crippen LogP contribution in [0.3, 0.4) is 0 Å². The van der Waals surface area contributed by atoms with E-state index >= 15 is 0 Å². The maximum Gasteiger partial charge on any atom is 0.296 e. The maximum absolute atomic E-state index is 12.1. The van der Waals surface area contributed by atoms with E-state index in [0.29, 0.717) is 11.3 Å². The highest BCUT2D eigenvalue weighted by atomic mass is 32.2. The van der Waals surface area contributed by atoms with Gasteiger partial charge < -0.3 is 5.32 Å². The van der Waals surface area contributed by atoms with Crippen LogP contribution in [0.4, 0.5) is 11.4 Å². The number of aryl methyl sites for hydroxylation is 1. The van der Waals surface area contributed by atoms with Crippen molar-refractivity contribution in [3.8, 4) is 0 Å². The average molecular weight is 305 g/mol. The van der Waals surface area contributed by atoms with Gasteiger partial charge in [0.1, 0.15) is 0 Å². The van der Waals surface area contributed by atoms with Crippen molar-refractivity contribution in [2.24, 2.45) is 5.14 Å². The molecule has 0 atom stereocenters. The SMILES string of the molecule is Cc1cccc(C(=O)Nc2cccc(NS(N)(=O)=O)c2)c1. The van der Waals surface area contributed by atoms with Crippen LogP contribution in [-0.2, 0) is 10.2 Å². The largest absolute Gasteiger partial charge is 0.322 e. The lowest BCUT2D eigenvalue weighted by atomic mass is 10.1. The van der Waals surface area contributed by atoms with Gasteiger partial charge >= 0.3 is 0 Å². The smallest absolute Gasteiger partial charge is 0.296 e. The zero-order valence-corrected chi connectivity index (χ0v) is 12.1. The number of rotatable bonds is 4. The van der Waals surface area contributed by atoms with Crippen molar-refractivity contribution in [1.82, 2.24) is 0 Å². The highest BCUT2D eigenvalue weighted by Gasteiger charge is 2.07. The summed E-state index contributed by atoms with van der Waals surface area (Å²) in [4.78, 5) is 12.1. The molecule has 0 aliphatic carbocycles. The van der Waals surface area contributed by atoms with E-state index in [2.05, 4.69) is 10.0 Å². The normalized spacial score (nSPS) is 11.0. The van der Waals surface area contributed by atoms with Crippen LogP contribution in [-0.4, -0.2) is 14.3 Å². The highest BCUT2D eigenvalue weighted by molar-refractivity contribution is 7.90. The predicted molar refractivity (Wildman–Crippen MR) is 82.3 cm³/mol. The van der Waals surface area contributed by atoms with Crippen LogP contribution < -0.4 is 15.2 Å². The highest BCUT2D eigenvalue weighted by Crippen LogP contribution is 2.17. The van der Waals surface area contributed by atoms with Gasteiger partial charge in [-0.1, -0.05) is 23.8 Å². The summed E-state index contributed by atoms with van der Waals surface area (Å²) < 4.78 is 24.1. The summed E-state index contributed by atoms with van der Waals surface area (Å²) in [6.45, 7) is 1.90. The Morgan fingerprint density at radius 2 is 1.71 bits per heavy atom. The van der Waals surface area contributed by atoms with Gasteiger partial charge in [-0.3, -0.25) is 9.52 Å². The van der Waals surface area contributed by atoms with Crippen LogP contribution in [0.15, 0.2) is 48.5 Å². The second-order valence-electron chi connectivity index (χ2n) is 4.55. The predicted octanol–water partition coefficient (Wildman–Crippen LogP) is 1.86. The topological polar surface area (TPSA) is 101 Å². The number of amides is 1. The number of carbonyl (C=O) groups excluding carboxylic acids is 1. The molecule has 0 unspecified atom stereocenters.